The van der Waals surface area contributed by atoms with Gasteiger partial charge < -0.3 is 15.4 Å². The second-order valence-corrected chi connectivity index (χ2v) is 7.63. The van der Waals surface area contributed by atoms with Crippen LogP contribution in [-0.4, -0.2) is 57.7 Å². The van der Waals surface area contributed by atoms with E-state index in [-0.39, 0.29) is 5.75 Å². The summed E-state index contributed by atoms with van der Waals surface area (Å²) in [4.78, 5) is 4.53. The van der Waals surface area contributed by atoms with Gasteiger partial charge in [0.25, 0.3) is 0 Å². The first kappa shape index (κ1) is 18.5. The third kappa shape index (κ3) is 5.38. The molecule has 2 N–H and O–H groups in total. The van der Waals surface area contributed by atoms with Crippen LogP contribution in [0.2, 0.25) is 0 Å². The fourth-order valence-electron chi connectivity index (χ4n) is 2.48. The van der Waals surface area contributed by atoms with Crippen molar-refractivity contribution in [2.24, 2.45) is 4.99 Å². The van der Waals surface area contributed by atoms with Crippen molar-refractivity contribution < 1.29 is 13.2 Å². The molecule has 134 valence electrons. The highest BCUT2D eigenvalue weighted by molar-refractivity contribution is 7.89. The molecule has 0 radical (unpaired) electrons. The molecule has 24 heavy (non-hydrogen) atoms. The van der Waals surface area contributed by atoms with Gasteiger partial charge in [-0.3, -0.25) is 0 Å². The molecule has 1 aromatic rings. The Hall–Kier alpha value is -1.80. The van der Waals surface area contributed by atoms with Gasteiger partial charge in [-0.05, 0) is 31.0 Å². The number of hydrogen-bond acceptors (Lipinski definition) is 4. The molecule has 0 aromatic heterocycles. The zero-order chi connectivity index (χ0) is 17.4. The molecule has 7 nitrogen and oxygen atoms in total. The van der Waals surface area contributed by atoms with Gasteiger partial charge in [0.2, 0.25) is 10.0 Å². The predicted octanol–water partition coefficient (Wildman–Crippen LogP) is 0.786. The molecule has 0 aliphatic carbocycles. The molecular formula is C16H26N4O3S. The summed E-state index contributed by atoms with van der Waals surface area (Å²) in [5.74, 6) is 1.77. The Morgan fingerprint density at radius 2 is 2.04 bits per heavy atom. The maximum absolute atomic E-state index is 11.8. The van der Waals surface area contributed by atoms with Crippen LogP contribution in [0.1, 0.15) is 18.9 Å². The number of methoxy groups -OCH3 is 1. The first-order chi connectivity index (χ1) is 11.5. The number of sulfonamides is 1. The van der Waals surface area contributed by atoms with Crippen LogP contribution < -0.4 is 15.4 Å². The van der Waals surface area contributed by atoms with E-state index < -0.39 is 10.0 Å². The fourth-order valence-corrected chi connectivity index (χ4v) is 4.01. The van der Waals surface area contributed by atoms with Crippen LogP contribution in [0.5, 0.6) is 5.75 Å². The van der Waals surface area contributed by atoms with Gasteiger partial charge in [-0.1, -0.05) is 12.1 Å². The highest BCUT2D eigenvalue weighted by Gasteiger charge is 2.27. The molecule has 8 heteroatoms. The van der Waals surface area contributed by atoms with Crippen molar-refractivity contribution in [1.29, 1.82) is 0 Å². The second kappa shape index (κ2) is 8.89. The molecule has 1 saturated heterocycles. The summed E-state index contributed by atoms with van der Waals surface area (Å²) >= 11 is 0. The smallest absolute Gasteiger partial charge is 0.214 e. The average molecular weight is 354 g/mol. The minimum absolute atomic E-state index is 0.263. The Bertz CT molecular complexity index is 644. The van der Waals surface area contributed by atoms with Crippen LogP contribution in [0.15, 0.2) is 29.3 Å². The quantitative estimate of drug-likeness (QED) is 0.559. The van der Waals surface area contributed by atoms with Crippen molar-refractivity contribution in [1.82, 2.24) is 14.9 Å². The summed E-state index contributed by atoms with van der Waals surface area (Å²) < 4.78 is 30.2. The topological polar surface area (TPSA) is 83.0 Å². The van der Waals surface area contributed by atoms with E-state index in [2.05, 4.69) is 15.6 Å². The molecule has 2 rings (SSSR count). The number of benzene rings is 1. The molecule has 1 heterocycles. The van der Waals surface area contributed by atoms with Crippen LogP contribution >= 0.6 is 0 Å². The van der Waals surface area contributed by atoms with Gasteiger partial charge in [-0.2, -0.15) is 0 Å². The molecule has 0 bridgehead atoms. The molecule has 0 spiro atoms. The maximum atomic E-state index is 11.8. The van der Waals surface area contributed by atoms with Gasteiger partial charge in [0.05, 0.1) is 19.4 Å². The molecule has 1 aromatic carbocycles. The van der Waals surface area contributed by atoms with Gasteiger partial charge in [0.15, 0.2) is 5.96 Å². The Kier molecular flexibility index (Phi) is 6.86. The summed E-state index contributed by atoms with van der Waals surface area (Å²) in [6.07, 6.45) is 0.716. The Labute approximate surface area is 144 Å². The minimum Gasteiger partial charge on any atom is -0.497 e. The minimum atomic E-state index is -3.04. The summed E-state index contributed by atoms with van der Waals surface area (Å²) in [6, 6.07) is 7.76. The SMILES string of the molecule is CCNC(=NCc1ccc(OC)cc1)NCCN1CCCS1(=O)=O. The number of rotatable bonds is 7. The van der Waals surface area contributed by atoms with Crippen LogP contribution in [0, 0.1) is 0 Å². The Morgan fingerprint density at radius 3 is 2.62 bits per heavy atom. The van der Waals surface area contributed by atoms with E-state index in [0.29, 0.717) is 38.6 Å². The number of hydrogen-bond donors (Lipinski definition) is 2. The highest BCUT2D eigenvalue weighted by Crippen LogP contribution is 2.12. The first-order valence-corrected chi connectivity index (χ1v) is 9.79. The lowest BCUT2D eigenvalue weighted by Gasteiger charge is -2.16. The monoisotopic (exact) mass is 354 g/mol. The van der Waals surface area contributed by atoms with E-state index in [1.165, 1.54) is 4.31 Å². The number of aliphatic imine (C=N–C) groups is 1. The lowest BCUT2D eigenvalue weighted by Crippen LogP contribution is -2.42. The molecule has 0 amide bonds. The summed E-state index contributed by atoms with van der Waals surface area (Å²) in [5, 5.41) is 6.35. The zero-order valence-corrected chi connectivity index (χ0v) is 15.1. The highest BCUT2D eigenvalue weighted by atomic mass is 32.2. The van der Waals surface area contributed by atoms with Crippen molar-refractivity contribution in [2.75, 3.05) is 39.0 Å². The summed E-state index contributed by atoms with van der Waals surface area (Å²) in [7, 11) is -1.40. The summed E-state index contributed by atoms with van der Waals surface area (Å²) in [6.45, 7) is 4.90. The van der Waals surface area contributed by atoms with Crippen LogP contribution in [0.25, 0.3) is 0 Å². The third-order valence-corrected chi connectivity index (χ3v) is 5.74. The lowest BCUT2D eigenvalue weighted by atomic mass is 10.2. The second-order valence-electron chi connectivity index (χ2n) is 5.54. The van der Waals surface area contributed by atoms with E-state index in [1.807, 2.05) is 31.2 Å². The Morgan fingerprint density at radius 1 is 1.29 bits per heavy atom. The average Bonchev–Trinajstić information content (AvgIpc) is 2.91. The van der Waals surface area contributed by atoms with Crippen molar-refractivity contribution in [3.63, 3.8) is 0 Å². The fraction of sp³-hybridized carbons (Fsp3) is 0.562. The molecule has 1 aliphatic rings. The van der Waals surface area contributed by atoms with E-state index in [1.54, 1.807) is 7.11 Å². The lowest BCUT2D eigenvalue weighted by molar-refractivity contribution is 0.414. The van der Waals surface area contributed by atoms with E-state index in [9.17, 15) is 8.42 Å². The normalized spacial score (nSPS) is 17.7. The molecule has 1 aliphatic heterocycles. The third-order valence-electron chi connectivity index (χ3n) is 3.78. The molecule has 0 saturated carbocycles. The zero-order valence-electron chi connectivity index (χ0n) is 14.3. The number of ether oxygens (including phenoxy) is 1. The Balaban J connectivity index is 1.85. The van der Waals surface area contributed by atoms with Gasteiger partial charge in [0, 0.05) is 26.2 Å². The van der Waals surface area contributed by atoms with E-state index >= 15 is 0 Å². The number of nitrogens with one attached hydrogen (secondary N) is 2. The largest absolute Gasteiger partial charge is 0.497 e. The van der Waals surface area contributed by atoms with Crippen LogP contribution in [0.4, 0.5) is 0 Å². The van der Waals surface area contributed by atoms with Crippen LogP contribution in [0.3, 0.4) is 0 Å². The molecular weight excluding hydrogens is 328 g/mol. The summed E-state index contributed by atoms with van der Waals surface area (Å²) in [5.41, 5.74) is 1.08. The van der Waals surface area contributed by atoms with Gasteiger partial charge in [-0.15, -0.1) is 0 Å². The molecule has 0 unspecified atom stereocenters. The van der Waals surface area contributed by atoms with Crippen molar-refractivity contribution in [3.8, 4) is 5.75 Å². The number of nitrogens with zero attached hydrogens (tertiary/aromatic N) is 2. The standard InChI is InChI=1S/C16H26N4O3S/c1-3-17-16(18-9-11-20-10-4-12-24(20,21)22)19-13-14-5-7-15(23-2)8-6-14/h5-8H,3-4,9-13H2,1-2H3,(H2,17,18,19). The van der Waals surface area contributed by atoms with E-state index in [0.717, 1.165) is 17.9 Å². The van der Waals surface area contributed by atoms with E-state index in [4.69, 9.17) is 4.74 Å². The van der Waals surface area contributed by atoms with Crippen molar-refractivity contribution >= 4 is 16.0 Å². The van der Waals surface area contributed by atoms with Crippen LogP contribution in [-0.2, 0) is 16.6 Å². The predicted molar refractivity (Wildman–Crippen MR) is 95.8 cm³/mol. The van der Waals surface area contributed by atoms with Gasteiger partial charge in [-0.25, -0.2) is 17.7 Å². The maximum Gasteiger partial charge on any atom is 0.214 e. The van der Waals surface area contributed by atoms with Crippen molar-refractivity contribution in [3.05, 3.63) is 29.8 Å². The van der Waals surface area contributed by atoms with Gasteiger partial charge >= 0.3 is 0 Å². The molecule has 0 atom stereocenters. The number of guanidine groups is 1. The van der Waals surface area contributed by atoms with Gasteiger partial charge in [0.1, 0.15) is 5.75 Å². The van der Waals surface area contributed by atoms with Crippen molar-refractivity contribution in [2.45, 2.75) is 19.9 Å². The first-order valence-electron chi connectivity index (χ1n) is 8.18. The molecule has 1 fully saturated rings.